The van der Waals surface area contributed by atoms with E-state index in [1.54, 1.807) is 0 Å². The van der Waals surface area contributed by atoms with Crippen molar-refractivity contribution in [3.05, 3.63) is 46.8 Å². The lowest BCUT2D eigenvalue weighted by Gasteiger charge is -2.30. The molecule has 0 atom stereocenters. The Morgan fingerprint density at radius 1 is 1.19 bits per heavy atom. The Kier molecular flexibility index (Phi) is 6.71. The second-order valence-corrected chi connectivity index (χ2v) is 8.77. The molecule has 2 aromatic rings. The first-order chi connectivity index (χ1) is 14.8. The molecular formula is C19H22N4O7S. The van der Waals surface area contributed by atoms with Gasteiger partial charge in [0.05, 0.1) is 24.0 Å². The standard InChI is InChI=1S/C19H22N4O7S/c1-29-17-4-3-14(11-18(17)30-2)31(27,28)22-9-6-13(7-10-22)19(24)21-15-5-8-20-12-16(15)23(25)26/h3-5,8,11-13H,6-7,9-10H2,1-2H3,(H,20,21,24). The van der Waals surface area contributed by atoms with Crippen LogP contribution < -0.4 is 14.8 Å². The van der Waals surface area contributed by atoms with Gasteiger partial charge in [0, 0.05) is 31.3 Å². The first kappa shape index (κ1) is 22.4. The molecule has 166 valence electrons. The van der Waals surface area contributed by atoms with E-state index in [1.807, 2.05) is 0 Å². The molecule has 1 aromatic heterocycles. The lowest BCUT2D eigenvalue weighted by Crippen LogP contribution is -2.41. The number of aromatic nitrogens is 1. The highest BCUT2D eigenvalue weighted by Gasteiger charge is 2.33. The zero-order chi connectivity index (χ0) is 22.6. The van der Waals surface area contributed by atoms with Gasteiger partial charge in [-0.25, -0.2) is 8.42 Å². The largest absolute Gasteiger partial charge is 0.493 e. The minimum Gasteiger partial charge on any atom is -0.493 e. The van der Waals surface area contributed by atoms with Crippen LogP contribution in [-0.2, 0) is 14.8 Å². The summed E-state index contributed by atoms with van der Waals surface area (Å²) in [6, 6.07) is 5.72. The molecule has 1 fully saturated rings. The van der Waals surface area contributed by atoms with Gasteiger partial charge < -0.3 is 14.8 Å². The number of hydrogen-bond acceptors (Lipinski definition) is 8. The van der Waals surface area contributed by atoms with Crippen LogP contribution >= 0.6 is 0 Å². The van der Waals surface area contributed by atoms with Crippen molar-refractivity contribution in [3.8, 4) is 11.5 Å². The van der Waals surface area contributed by atoms with Crippen LogP contribution in [0.3, 0.4) is 0 Å². The highest BCUT2D eigenvalue weighted by atomic mass is 32.2. The van der Waals surface area contributed by atoms with E-state index in [0.29, 0.717) is 11.5 Å². The third kappa shape index (κ3) is 4.75. The van der Waals surface area contributed by atoms with Gasteiger partial charge in [0.1, 0.15) is 11.9 Å². The highest BCUT2D eigenvalue weighted by molar-refractivity contribution is 7.89. The molecule has 0 spiro atoms. The Morgan fingerprint density at radius 2 is 1.87 bits per heavy atom. The predicted octanol–water partition coefficient (Wildman–Crippen LogP) is 2.05. The molecule has 0 radical (unpaired) electrons. The number of piperidine rings is 1. The van der Waals surface area contributed by atoms with E-state index in [1.165, 1.54) is 49.0 Å². The zero-order valence-electron chi connectivity index (χ0n) is 17.0. The number of carbonyl (C=O) groups is 1. The summed E-state index contributed by atoms with van der Waals surface area (Å²) in [5.41, 5.74) is -0.241. The van der Waals surface area contributed by atoms with Crippen molar-refractivity contribution in [2.45, 2.75) is 17.7 Å². The highest BCUT2D eigenvalue weighted by Crippen LogP contribution is 2.32. The summed E-state index contributed by atoms with van der Waals surface area (Å²) in [5, 5.41) is 13.6. The van der Waals surface area contributed by atoms with E-state index >= 15 is 0 Å². The van der Waals surface area contributed by atoms with Gasteiger partial charge in [-0.2, -0.15) is 4.31 Å². The number of benzene rings is 1. The molecule has 1 amide bonds. The number of amides is 1. The summed E-state index contributed by atoms with van der Waals surface area (Å²) in [5.74, 6) is -0.138. The fraction of sp³-hybridized carbons (Fsp3) is 0.368. The average Bonchev–Trinajstić information content (AvgIpc) is 2.78. The maximum atomic E-state index is 13.0. The van der Waals surface area contributed by atoms with Crippen LogP contribution in [0, 0.1) is 16.0 Å². The first-order valence-corrected chi connectivity index (χ1v) is 10.8. The number of hydrogen-bond donors (Lipinski definition) is 1. The van der Waals surface area contributed by atoms with E-state index in [-0.39, 0.29) is 42.2 Å². The van der Waals surface area contributed by atoms with Crippen molar-refractivity contribution < 1.29 is 27.6 Å². The van der Waals surface area contributed by atoms with Crippen molar-refractivity contribution in [3.63, 3.8) is 0 Å². The van der Waals surface area contributed by atoms with Gasteiger partial charge in [-0.05, 0) is 31.0 Å². The van der Waals surface area contributed by atoms with Crippen LogP contribution in [0.25, 0.3) is 0 Å². The molecule has 0 bridgehead atoms. The molecule has 0 saturated carbocycles. The summed E-state index contributed by atoms with van der Waals surface area (Å²) in [7, 11) is -0.894. The number of methoxy groups -OCH3 is 2. The maximum absolute atomic E-state index is 13.0. The predicted molar refractivity (Wildman–Crippen MR) is 111 cm³/mol. The van der Waals surface area contributed by atoms with Gasteiger partial charge in [-0.3, -0.25) is 19.9 Å². The molecule has 1 N–H and O–H groups in total. The number of nitro groups is 1. The number of nitrogens with one attached hydrogen (secondary N) is 1. The van der Waals surface area contributed by atoms with Crippen LogP contribution in [0.5, 0.6) is 11.5 Å². The fourth-order valence-corrected chi connectivity index (χ4v) is 4.84. The van der Waals surface area contributed by atoms with Crippen molar-refractivity contribution in [1.82, 2.24) is 9.29 Å². The molecule has 31 heavy (non-hydrogen) atoms. The summed E-state index contributed by atoms with van der Waals surface area (Å²) in [6.45, 7) is 0.292. The molecule has 1 aromatic carbocycles. The Balaban J connectivity index is 1.68. The van der Waals surface area contributed by atoms with E-state index in [2.05, 4.69) is 10.3 Å². The third-order valence-electron chi connectivity index (χ3n) is 5.07. The summed E-state index contributed by atoms with van der Waals surface area (Å²) in [4.78, 5) is 26.8. The average molecular weight is 450 g/mol. The maximum Gasteiger partial charge on any atom is 0.310 e. The lowest BCUT2D eigenvalue weighted by molar-refractivity contribution is -0.384. The molecule has 0 aliphatic carbocycles. The Morgan fingerprint density at radius 3 is 2.48 bits per heavy atom. The van der Waals surface area contributed by atoms with Gasteiger partial charge in [0.2, 0.25) is 15.9 Å². The van der Waals surface area contributed by atoms with E-state index in [0.717, 1.165) is 6.20 Å². The van der Waals surface area contributed by atoms with Crippen LogP contribution in [0.4, 0.5) is 11.4 Å². The van der Waals surface area contributed by atoms with Gasteiger partial charge in [-0.1, -0.05) is 0 Å². The molecule has 3 rings (SSSR count). The Labute approximate surface area is 179 Å². The smallest absolute Gasteiger partial charge is 0.310 e. The molecule has 12 heteroatoms. The van der Waals surface area contributed by atoms with Crippen molar-refractivity contribution in [1.29, 1.82) is 0 Å². The van der Waals surface area contributed by atoms with Gasteiger partial charge >= 0.3 is 5.69 Å². The topological polar surface area (TPSA) is 141 Å². The lowest BCUT2D eigenvalue weighted by atomic mass is 9.97. The molecule has 1 aliphatic rings. The van der Waals surface area contributed by atoms with E-state index in [9.17, 15) is 23.3 Å². The molecule has 1 aliphatic heterocycles. The van der Waals surface area contributed by atoms with Crippen molar-refractivity contribution in [2.24, 2.45) is 5.92 Å². The summed E-state index contributed by atoms with van der Waals surface area (Å²) >= 11 is 0. The number of carbonyl (C=O) groups excluding carboxylic acids is 1. The summed E-state index contributed by atoms with van der Waals surface area (Å²) < 4.78 is 37.6. The van der Waals surface area contributed by atoms with E-state index < -0.39 is 26.8 Å². The molecular weight excluding hydrogens is 428 g/mol. The number of pyridine rings is 1. The minimum absolute atomic E-state index is 0.0605. The van der Waals surface area contributed by atoms with Crippen LogP contribution in [-0.4, -0.2) is 55.8 Å². The van der Waals surface area contributed by atoms with Crippen molar-refractivity contribution in [2.75, 3.05) is 32.6 Å². The number of nitrogens with zero attached hydrogens (tertiary/aromatic N) is 3. The zero-order valence-corrected chi connectivity index (χ0v) is 17.8. The molecule has 2 heterocycles. The van der Waals surface area contributed by atoms with E-state index in [4.69, 9.17) is 9.47 Å². The number of rotatable bonds is 7. The summed E-state index contributed by atoms with van der Waals surface area (Å²) in [6.07, 6.45) is 2.99. The van der Waals surface area contributed by atoms with Gasteiger partial charge in [0.15, 0.2) is 11.5 Å². The molecule has 11 nitrogen and oxygen atoms in total. The quantitative estimate of drug-likeness (QED) is 0.499. The first-order valence-electron chi connectivity index (χ1n) is 9.39. The SMILES string of the molecule is COc1ccc(S(=O)(=O)N2CCC(C(=O)Nc3ccncc3[N+](=O)[O-])CC2)cc1OC. The second-order valence-electron chi connectivity index (χ2n) is 6.83. The Hall–Kier alpha value is -3.25. The van der Waals surface area contributed by atoms with Crippen LogP contribution in [0.1, 0.15) is 12.8 Å². The monoisotopic (exact) mass is 450 g/mol. The number of ether oxygens (including phenoxy) is 2. The number of anilines is 1. The second kappa shape index (κ2) is 9.27. The molecule has 1 saturated heterocycles. The van der Waals surface area contributed by atoms with Crippen LogP contribution in [0.15, 0.2) is 41.6 Å². The normalized spacial score (nSPS) is 15.3. The molecule has 0 unspecified atom stereocenters. The fourth-order valence-electron chi connectivity index (χ4n) is 3.36. The third-order valence-corrected chi connectivity index (χ3v) is 6.97. The van der Waals surface area contributed by atoms with Crippen molar-refractivity contribution >= 4 is 27.3 Å². The van der Waals surface area contributed by atoms with Gasteiger partial charge in [0.25, 0.3) is 0 Å². The van der Waals surface area contributed by atoms with Crippen LogP contribution in [0.2, 0.25) is 0 Å². The Bertz CT molecular complexity index is 1080. The minimum atomic E-state index is -3.78. The number of sulfonamides is 1. The van der Waals surface area contributed by atoms with Gasteiger partial charge in [-0.15, -0.1) is 0 Å².